The summed E-state index contributed by atoms with van der Waals surface area (Å²) in [5.74, 6) is 1.63. The molecule has 0 spiro atoms. The summed E-state index contributed by atoms with van der Waals surface area (Å²) >= 11 is 0. The molecule has 0 radical (unpaired) electrons. The van der Waals surface area contributed by atoms with Crippen molar-refractivity contribution < 1.29 is 17.9 Å². The molecule has 0 unspecified atom stereocenters. The maximum Gasteiger partial charge on any atom is 0.243 e. The van der Waals surface area contributed by atoms with Crippen molar-refractivity contribution in [2.24, 2.45) is 0 Å². The van der Waals surface area contributed by atoms with E-state index in [0.717, 1.165) is 24.9 Å². The van der Waals surface area contributed by atoms with Gasteiger partial charge in [0.1, 0.15) is 23.0 Å². The van der Waals surface area contributed by atoms with Gasteiger partial charge in [-0.15, -0.1) is 10.2 Å². The Morgan fingerprint density at radius 2 is 1.77 bits per heavy atom. The van der Waals surface area contributed by atoms with Crippen LogP contribution in [0.1, 0.15) is 55.9 Å². The van der Waals surface area contributed by atoms with Crippen molar-refractivity contribution in [2.75, 3.05) is 25.5 Å². The number of methoxy groups -OCH3 is 2. The Labute approximate surface area is 205 Å². The van der Waals surface area contributed by atoms with Crippen LogP contribution >= 0.6 is 0 Å². The van der Waals surface area contributed by atoms with Gasteiger partial charge in [0.05, 0.1) is 25.5 Å². The van der Waals surface area contributed by atoms with Crippen molar-refractivity contribution in [3.8, 4) is 17.2 Å². The number of aryl methyl sites for hydroxylation is 1. The fourth-order valence-corrected chi connectivity index (χ4v) is 5.33. The highest BCUT2D eigenvalue weighted by atomic mass is 32.2. The summed E-state index contributed by atoms with van der Waals surface area (Å²) in [6.45, 7) is 6.13. The van der Waals surface area contributed by atoms with Crippen molar-refractivity contribution in [1.29, 1.82) is 0 Å². The van der Waals surface area contributed by atoms with Crippen LogP contribution in [0.5, 0.6) is 11.5 Å². The molecule has 1 aromatic carbocycles. The number of hydrogen-bond acceptors (Lipinski definition) is 9. The Balaban J connectivity index is 1.76. The largest absolute Gasteiger partial charge is 0.494 e. The van der Waals surface area contributed by atoms with Crippen LogP contribution in [-0.4, -0.2) is 59.2 Å². The zero-order valence-corrected chi connectivity index (χ0v) is 21.3. The molecule has 0 aliphatic carbocycles. The van der Waals surface area contributed by atoms with Crippen LogP contribution in [0.15, 0.2) is 30.6 Å². The maximum absolute atomic E-state index is 13.5. The highest BCUT2D eigenvalue weighted by Crippen LogP contribution is 2.38. The predicted octanol–water partition coefficient (Wildman–Crippen LogP) is 2.74. The second-order valence-corrected chi connectivity index (χ2v) is 10.7. The zero-order valence-electron chi connectivity index (χ0n) is 20.5. The number of benzene rings is 1. The number of nitrogens with one attached hydrogen (secondary N) is 2. The maximum atomic E-state index is 13.5. The Bertz CT molecular complexity index is 1250. The average molecular weight is 502 g/mol. The molecule has 12 heteroatoms. The summed E-state index contributed by atoms with van der Waals surface area (Å²) < 4.78 is 42.5. The van der Waals surface area contributed by atoms with Gasteiger partial charge in [-0.2, -0.15) is 0 Å². The monoisotopic (exact) mass is 501 g/mol. The molecule has 3 atom stereocenters. The lowest BCUT2D eigenvalue weighted by Crippen LogP contribution is -2.31. The quantitative estimate of drug-likeness (QED) is 0.454. The summed E-state index contributed by atoms with van der Waals surface area (Å²) in [5, 5.41) is 11.2. The average Bonchev–Trinajstić information content (AvgIpc) is 3.52. The van der Waals surface area contributed by atoms with Gasteiger partial charge in [0, 0.05) is 18.3 Å². The van der Waals surface area contributed by atoms with E-state index in [1.54, 1.807) is 63.2 Å². The van der Waals surface area contributed by atoms with E-state index < -0.39 is 21.2 Å². The SMILES string of the molecule is COc1cccc(OC)c1-n1c(NS(=O)(=O)[C@@H](C)[C@H](C)c2ncc(C)cn2)nnc1[C@@H]1CCCN1. The lowest BCUT2D eigenvalue weighted by atomic mass is 10.1. The minimum absolute atomic E-state index is 0.0559. The lowest BCUT2D eigenvalue weighted by Gasteiger charge is -2.22. The third-order valence-corrected chi connectivity index (χ3v) is 8.18. The molecular weight excluding hydrogens is 470 g/mol. The van der Waals surface area contributed by atoms with Crippen LogP contribution < -0.4 is 19.5 Å². The Morgan fingerprint density at radius 1 is 1.11 bits per heavy atom. The molecular formula is C23H31N7O4S. The minimum atomic E-state index is -3.91. The Morgan fingerprint density at radius 3 is 2.34 bits per heavy atom. The molecule has 188 valence electrons. The number of anilines is 1. The summed E-state index contributed by atoms with van der Waals surface area (Å²) in [6.07, 6.45) is 5.18. The van der Waals surface area contributed by atoms with Crippen LogP contribution in [0.2, 0.25) is 0 Å². The third-order valence-electron chi connectivity index (χ3n) is 6.32. The van der Waals surface area contributed by atoms with E-state index in [0.29, 0.717) is 28.8 Å². The van der Waals surface area contributed by atoms with E-state index in [2.05, 4.69) is 30.2 Å². The van der Waals surface area contributed by atoms with Gasteiger partial charge in [-0.3, -0.25) is 9.29 Å². The topological polar surface area (TPSA) is 133 Å². The number of hydrogen-bond donors (Lipinski definition) is 2. The van der Waals surface area contributed by atoms with Crippen LogP contribution in [0.4, 0.5) is 5.95 Å². The van der Waals surface area contributed by atoms with Crippen molar-refractivity contribution in [1.82, 2.24) is 30.0 Å². The van der Waals surface area contributed by atoms with Gasteiger partial charge < -0.3 is 14.8 Å². The molecule has 2 N–H and O–H groups in total. The lowest BCUT2D eigenvalue weighted by molar-refractivity contribution is 0.390. The molecule has 3 heterocycles. The fourth-order valence-electron chi connectivity index (χ4n) is 4.10. The van der Waals surface area contributed by atoms with Gasteiger partial charge in [-0.1, -0.05) is 13.0 Å². The number of rotatable bonds is 9. The number of ether oxygens (including phenoxy) is 2. The van der Waals surface area contributed by atoms with E-state index in [9.17, 15) is 8.42 Å². The predicted molar refractivity (Wildman–Crippen MR) is 132 cm³/mol. The molecule has 3 aromatic rings. The minimum Gasteiger partial charge on any atom is -0.494 e. The van der Waals surface area contributed by atoms with Gasteiger partial charge in [-0.25, -0.2) is 18.4 Å². The highest BCUT2D eigenvalue weighted by Gasteiger charge is 2.33. The molecule has 11 nitrogen and oxygen atoms in total. The van der Waals surface area contributed by atoms with E-state index in [1.165, 1.54) is 0 Å². The second kappa shape index (κ2) is 10.2. The van der Waals surface area contributed by atoms with Gasteiger partial charge in [0.15, 0.2) is 5.82 Å². The van der Waals surface area contributed by atoms with Crippen LogP contribution in [0.3, 0.4) is 0 Å². The van der Waals surface area contributed by atoms with Gasteiger partial charge in [0.2, 0.25) is 16.0 Å². The van der Waals surface area contributed by atoms with E-state index >= 15 is 0 Å². The second-order valence-electron chi connectivity index (χ2n) is 8.64. The number of para-hydroxylation sites is 1. The number of sulfonamides is 1. The smallest absolute Gasteiger partial charge is 0.243 e. The standard InChI is InChI=1S/C23H31N7O4S/c1-14-12-25-21(26-13-14)15(2)16(3)35(31,32)29-23-28-27-22(17-8-7-11-24-17)30(23)20-18(33-4)9-6-10-19(20)34-5/h6,9-10,12-13,15-17,24H,7-8,11H2,1-5H3,(H,28,29)/t15-,16-,17-/m0/s1. The van der Waals surface area contributed by atoms with E-state index in [4.69, 9.17) is 9.47 Å². The fraction of sp³-hybridized carbons (Fsp3) is 0.478. The number of nitrogens with zero attached hydrogens (tertiary/aromatic N) is 5. The first-order valence-electron chi connectivity index (χ1n) is 11.5. The van der Waals surface area contributed by atoms with Crippen molar-refractivity contribution in [3.05, 3.63) is 47.8 Å². The third kappa shape index (κ3) is 4.94. The van der Waals surface area contributed by atoms with E-state index in [-0.39, 0.29) is 12.0 Å². The summed E-state index contributed by atoms with van der Waals surface area (Å²) in [4.78, 5) is 8.62. The van der Waals surface area contributed by atoms with E-state index in [1.807, 2.05) is 6.92 Å². The molecule has 0 saturated carbocycles. The summed E-state index contributed by atoms with van der Waals surface area (Å²) in [5.41, 5.74) is 1.42. The summed E-state index contributed by atoms with van der Waals surface area (Å²) in [6, 6.07) is 5.27. The van der Waals surface area contributed by atoms with Gasteiger partial charge in [0.25, 0.3) is 0 Å². The molecule has 0 amide bonds. The Kier molecular flexibility index (Phi) is 7.22. The first-order valence-corrected chi connectivity index (χ1v) is 13.0. The van der Waals surface area contributed by atoms with Gasteiger partial charge >= 0.3 is 0 Å². The van der Waals surface area contributed by atoms with Gasteiger partial charge in [-0.05, 0) is 50.9 Å². The molecule has 2 aromatic heterocycles. The summed E-state index contributed by atoms with van der Waals surface area (Å²) in [7, 11) is -0.812. The molecule has 1 fully saturated rings. The normalized spacial score (nSPS) is 17.7. The molecule has 0 bridgehead atoms. The molecule has 1 aliphatic rings. The highest BCUT2D eigenvalue weighted by molar-refractivity contribution is 7.93. The van der Waals surface area contributed by atoms with Crippen LogP contribution in [0, 0.1) is 6.92 Å². The van der Waals surface area contributed by atoms with Crippen molar-refractivity contribution >= 4 is 16.0 Å². The number of aromatic nitrogens is 5. The van der Waals surface area contributed by atoms with Crippen molar-refractivity contribution in [3.63, 3.8) is 0 Å². The molecule has 1 aliphatic heterocycles. The first kappa shape index (κ1) is 24.9. The molecule has 35 heavy (non-hydrogen) atoms. The molecule has 1 saturated heterocycles. The van der Waals surface area contributed by atoms with Crippen LogP contribution in [0.25, 0.3) is 5.69 Å². The Hall–Kier alpha value is -3.25. The first-order chi connectivity index (χ1) is 16.8. The van der Waals surface area contributed by atoms with Crippen LogP contribution in [-0.2, 0) is 10.0 Å². The van der Waals surface area contributed by atoms with Crippen molar-refractivity contribution in [2.45, 2.75) is 50.8 Å². The zero-order chi connectivity index (χ0) is 25.2. The molecule has 4 rings (SSSR count).